The van der Waals surface area contributed by atoms with E-state index in [0.717, 1.165) is 32.1 Å². The van der Waals surface area contributed by atoms with Gasteiger partial charge >= 0.3 is 5.97 Å². The Bertz CT molecular complexity index is 512. The number of carbonyl (C=O) groups is 1. The molecule has 0 amide bonds. The van der Waals surface area contributed by atoms with Gasteiger partial charge in [-0.05, 0) is 56.8 Å². The van der Waals surface area contributed by atoms with Crippen LogP contribution in [0, 0.1) is 17.3 Å². The molecule has 2 nitrogen and oxygen atoms in total. The highest BCUT2D eigenvalue weighted by Gasteiger charge is 2.38. The van der Waals surface area contributed by atoms with Crippen molar-refractivity contribution in [3.8, 4) is 0 Å². The predicted octanol–water partition coefficient (Wildman–Crippen LogP) is 6.02. The van der Waals surface area contributed by atoms with Crippen LogP contribution >= 0.6 is 0 Å². The molecule has 0 aromatic heterocycles. The standard InChI is InChI=1S/C22H34O2/c1-7-9-15-24-21(23)12-10-11-18(5)19-13-14-22(6,8-2)20(16-19)17(3)4/h8,10-12,19-20H,2-3,7,9,13-16H2,1,4-6H3/b12-10+,18-11+/t19-,20+,22-/m0/s1. The minimum Gasteiger partial charge on any atom is -0.463 e. The molecule has 24 heavy (non-hydrogen) atoms. The van der Waals surface area contributed by atoms with E-state index in [4.69, 9.17) is 4.74 Å². The van der Waals surface area contributed by atoms with Crippen LogP contribution in [0.3, 0.4) is 0 Å². The fourth-order valence-electron chi connectivity index (χ4n) is 3.53. The lowest BCUT2D eigenvalue weighted by Gasteiger charge is -2.43. The van der Waals surface area contributed by atoms with Crippen LogP contribution in [0.1, 0.15) is 59.8 Å². The Labute approximate surface area is 148 Å². The first-order chi connectivity index (χ1) is 11.3. The van der Waals surface area contributed by atoms with E-state index in [9.17, 15) is 4.79 Å². The van der Waals surface area contributed by atoms with Crippen molar-refractivity contribution < 1.29 is 9.53 Å². The van der Waals surface area contributed by atoms with Crippen molar-refractivity contribution in [1.82, 2.24) is 0 Å². The Morgan fingerprint density at radius 2 is 2.08 bits per heavy atom. The summed E-state index contributed by atoms with van der Waals surface area (Å²) >= 11 is 0. The molecule has 0 bridgehead atoms. The quantitative estimate of drug-likeness (QED) is 0.179. The van der Waals surface area contributed by atoms with Crippen LogP contribution in [0.15, 0.2) is 48.6 Å². The highest BCUT2D eigenvalue weighted by Crippen LogP contribution is 2.48. The maximum absolute atomic E-state index is 11.6. The predicted molar refractivity (Wildman–Crippen MR) is 103 cm³/mol. The average Bonchev–Trinajstić information content (AvgIpc) is 2.55. The van der Waals surface area contributed by atoms with E-state index in [1.165, 1.54) is 17.2 Å². The maximum Gasteiger partial charge on any atom is 0.330 e. The van der Waals surface area contributed by atoms with Gasteiger partial charge in [0.2, 0.25) is 0 Å². The summed E-state index contributed by atoms with van der Waals surface area (Å²) in [6.45, 7) is 17.4. The van der Waals surface area contributed by atoms with Gasteiger partial charge in [-0.3, -0.25) is 0 Å². The van der Waals surface area contributed by atoms with Crippen LogP contribution in [0.25, 0.3) is 0 Å². The summed E-state index contributed by atoms with van der Waals surface area (Å²) in [4.78, 5) is 11.6. The summed E-state index contributed by atoms with van der Waals surface area (Å²) in [5, 5.41) is 0. The van der Waals surface area contributed by atoms with Crippen molar-refractivity contribution in [3.05, 3.63) is 48.6 Å². The normalized spacial score (nSPS) is 27.9. The third-order valence-corrected chi connectivity index (χ3v) is 5.39. The van der Waals surface area contributed by atoms with Gasteiger partial charge in [0, 0.05) is 6.08 Å². The summed E-state index contributed by atoms with van der Waals surface area (Å²) in [5.74, 6) is 0.760. The highest BCUT2D eigenvalue weighted by molar-refractivity contribution is 5.82. The zero-order valence-corrected chi connectivity index (χ0v) is 15.9. The third-order valence-electron chi connectivity index (χ3n) is 5.39. The molecule has 1 rings (SSSR count). The zero-order chi connectivity index (χ0) is 18.2. The van der Waals surface area contributed by atoms with E-state index >= 15 is 0 Å². The van der Waals surface area contributed by atoms with E-state index in [0.29, 0.717) is 18.4 Å². The number of rotatable bonds is 8. The fraction of sp³-hybridized carbons (Fsp3) is 0.591. The summed E-state index contributed by atoms with van der Waals surface area (Å²) in [5.41, 5.74) is 2.72. The van der Waals surface area contributed by atoms with Gasteiger partial charge in [0.05, 0.1) is 6.61 Å². The van der Waals surface area contributed by atoms with Crippen LogP contribution in [0.2, 0.25) is 0 Å². The van der Waals surface area contributed by atoms with E-state index in [1.807, 2.05) is 6.08 Å². The molecule has 1 saturated carbocycles. The second-order valence-corrected chi connectivity index (χ2v) is 7.37. The Balaban J connectivity index is 2.64. The van der Waals surface area contributed by atoms with Crippen molar-refractivity contribution >= 4 is 5.97 Å². The molecule has 1 aliphatic carbocycles. The number of esters is 1. The first-order valence-corrected chi connectivity index (χ1v) is 9.14. The molecule has 0 radical (unpaired) electrons. The summed E-state index contributed by atoms with van der Waals surface area (Å²) in [6, 6.07) is 0. The summed E-state index contributed by atoms with van der Waals surface area (Å²) in [7, 11) is 0. The van der Waals surface area contributed by atoms with E-state index in [1.54, 1.807) is 0 Å². The van der Waals surface area contributed by atoms with Gasteiger partial charge < -0.3 is 4.74 Å². The lowest BCUT2D eigenvalue weighted by Crippen LogP contribution is -2.33. The smallest absolute Gasteiger partial charge is 0.330 e. The molecule has 0 aromatic carbocycles. The average molecular weight is 331 g/mol. The van der Waals surface area contributed by atoms with Crippen molar-refractivity contribution in [3.63, 3.8) is 0 Å². The van der Waals surface area contributed by atoms with Gasteiger partial charge in [-0.15, -0.1) is 6.58 Å². The molecular formula is C22H34O2. The largest absolute Gasteiger partial charge is 0.463 e. The maximum atomic E-state index is 11.6. The molecule has 0 N–H and O–H groups in total. The first-order valence-electron chi connectivity index (χ1n) is 9.14. The van der Waals surface area contributed by atoms with Crippen LogP contribution in [-0.2, 0) is 9.53 Å². The topological polar surface area (TPSA) is 26.3 Å². The van der Waals surface area contributed by atoms with Crippen molar-refractivity contribution in [1.29, 1.82) is 0 Å². The monoisotopic (exact) mass is 330 g/mol. The minimum absolute atomic E-state index is 0.154. The Kier molecular flexibility index (Phi) is 8.24. The molecular weight excluding hydrogens is 296 g/mol. The van der Waals surface area contributed by atoms with Crippen molar-refractivity contribution in [2.45, 2.75) is 59.8 Å². The van der Waals surface area contributed by atoms with E-state index in [-0.39, 0.29) is 11.4 Å². The van der Waals surface area contributed by atoms with Gasteiger partial charge in [0.1, 0.15) is 0 Å². The molecule has 0 unspecified atom stereocenters. The molecule has 134 valence electrons. The van der Waals surface area contributed by atoms with Crippen LogP contribution in [0.4, 0.5) is 0 Å². The molecule has 0 saturated heterocycles. The fourth-order valence-corrected chi connectivity index (χ4v) is 3.53. The van der Waals surface area contributed by atoms with E-state index in [2.05, 4.69) is 53.0 Å². The Morgan fingerprint density at radius 1 is 1.38 bits per heavy atom. The molecule has 2 heteroatoms. The summed E-state index contributed by atoms with van der Waals surface area (Å²) in [6.07, 6.45) is 12.8. The SMILES string of the molecule is C=C[C@@]1(C)CC[C@H](/C(C)=C/C=C/C(=O)OCCCC)C[C@@H]1C(=C)C. The molecule has 1 fully saturated rings. The van der Waals surface area contributed by atoms with Gasteiger partial charge in [-0.25, -0.2) is 4.79 Å². The molecule has 0 heterocycles. The van der Waals surface area contributed by atoms with Crippen LogP contribution < -0.4 is 0 Å². The first kappa shape index (κ1) is 20.5. The Morgan fingerprint density at radius 3 is 2.67 bits per heavy atom. The zero-order valence-electron chi connectivity index (χ0n) is 15.9. The molecule has 1 aliphatic rings. The lowest BCUT2D eigenvalue weighted by molar-refractivity contribution is -0.137. The number of allylic oxidation sites excluding steroid dienone is 5. The van der Waals surface area contributed by atoms with Crippen LogP contribution in [0.5, 0.6) is 0 Å². The number of hydrogen-bond acceptors (Lipinski definition) is 2. The summed E-state index contributed by atoms with van der Waals surface area (Å²) < 4.78 is 5.12. The second-order valence-electron chi connectivity index (χ2n) is 7.37. The molecule has 3 atom stereocenters. The second kappa shape index (κ2) is 9.66. The number of unbranched alkanes of at least 4 members (excludes halogenated alkanes) is 1. The molecule has 0 spiro atoms. The molecule has 0 aliphatic heterocycles. The minimum atomic E-state index is -0.254. The molecule has 0 aromatic rings. The van der Waals surface area contributed by atoms with Gasteiger partial charge in [0.15, 0.2) is 0 Å². The van der Waals surface area contributed by atoms with Crippen LogP contribution in [-0.4, -0.2) is 12.6 Å². The Hall–Kier alpha value is -1.57. The number of ether oxygens (including phenoxy) is 1. The number of carbonyl (C=O) groups excluding carboxylic acids is 1. The van der Waals surface area contributed by atoms with Crippen molar-refractivity contribution in [2.24, 2.45) is 17.3 Å². The van der Waals surface area contributed by atoms with E-state index < -0.39 is 0 Å². The lowest BCUT2D eigenvalue weighted by atomic mass is 9.61. The highest BCUT2D eigenvalue weighted by atomic mass is 16.5. The van der Waals surface area contributed by atoms with Gasteiger partial charge in [-0.1, -0.05) is 56.2 Å². The van der Waals surface area contributed by atoms with Crippen molar-refractivity contribution in [2.75, 3.05) is 6.61 Å². The third kappa shape index (κ3) is 5.81. The van der Waals surface area contributed by atoms with Gasteiger partial charge in [0.25, 0.3) is 0 Å². The number of hydrogen-bond donors (Lipinski definition) is 0. The van der Waals surface area contributed by atoms with Gasteiger partial charge in [-0.2, -0.15) is 0 Å².